The second-order valence-corrected chi connectivity index (χ2v) is 11.6. The molecule has 11 heteroatoms. The van der Waals surface area contributed by atoms with E-state index in [2.05, 4.69) is 40.3 Å². The fourth-order valence-corrected chi connectivity index (χ4v) is 5.61. The number of amides is 1. The third-order valence-electron chi connectivity index (χ3n) is 6.98. The number of carbonyl (C=O) groups excluding carboxylic acids is 2. The predicted octanol–water partition coefficient (Wildman–Crippen LogP) is 6.62. The van der Waals surface area contributed by atoms with E-state index in [1.807, 2.05) is 26.0 Å². The molecule has 0 spiro atoms. The van der Waals surface area contributed by atoms with Crippen molar-refractivity contribution in [2.24, 2.45) is 0 Å². The number of unbranched alkanes of at least 4 members (excludes halogenated alkanes) is 1. The van der Waals surface area contributed by atoms with Gasteiger partial charge >= 0.3 is 12.1 Å². The van der Waals surface area contributed by atoms with Crippen LogP contribution in [0.5, 0.6) is 5.75 Å². The molecule has 7 nitrogen and oxygen atoms in total. The molecule has 1 amide bonds. The van der Waals surface area contributed by atoms with Crippen LogP contribution < -0.4 is 20.3 Å². The Morgan fingerprint density at radius 3 is 2.73 bits per heavy atom. The minimum Gasteiger partial charge on any atom is -0.494 e. The summed E-state index contributed by atoms with van der Waals surface area (Å²) < 4.78 is 49.5. The van der Waals surface area contributed by atoms with E-state index in [-0.39, 0.29) is 12.3 Å². The lowest BCUT2D eigenvalue weighted by molar-refractivity contribution is -0.157. The van der Waals surface area contributed by atoms with E-state index in [4.69, 9.17) is 9.47 Å². The SMILES string of the molecule is CC1(C)CC(=O)N(COC(=O)CCC(F)(F)F)c2cc(OCCCCNCCNc3cccc4sccc34)ccc21. The zero-order valence-electron chi connectivity index (χ0n) is 23.3. The molecule has 0 saturated heterocycles. The van der Waals surface area contributed by atoms with Crippen molar-refractivity contribution >= 4 is 44.7 Å². The zero-order valence-corrected chi connectivity index (χ0v) is 24.1. The van der Waals surface area contributed by atoms with Crippen molar-refractivity contribution in [3.05, 3.63) is 53.4 Å². The Hall–Kier alpha value is -3.31. The van der Waals surface area contributed by atoms with E-state index in [9.17, 15) is 22.8 Å². The van der Waals surface area contributed by atoms with Crippen molar-refractivity contribution < 1.29 is 32.2 Å². The van der Waals surface area contributed by atoms with Crippen LogP contribution in [-0.2, 0) is 19.7 Å². The average molecular weight is 592 g/mol. The molecule has 0 unspecified atom stereocenters. The van der Waals surface area contributed by atoms with Crippen molar-refractivity contribution in [3.8, 4) is 5.75 Å². The smallest absolute Gasteiger partial charge is 0.389 e. The Morgan fingerprint density at radius 2 is 1.93 bits per heavy atom. The molecule has 2 aromatic carbocycles. The number of benzene rings is 2. The highest BCUT2D eigenvalue weighted by atomic mass is 32.1. The molecule has 0 saturated carbocycles. The number of esters is 1. The first-order valence-corrected chi connectivity index (χ1v) is 14.6. The number of hydrogen-bond acceptors (Lipinski definition) is 7. The van der Waals surface area contributed by atoms with Gasteiger partial charge in [-0.1, -0.05) is 26.0 Å². The summed E-state index contributed by atoms with van der Waals surface area (Å²) >= 11 is 1.73. The number of anilines is 2. The maximum atomic E-state index is 12.8. The summed E-state index contributed by atoms with van der Waals surface area (Å²) in [7, 11) is 0. The van der Waals surface area contributed by atoms with Gasteiger partial charge in [-0.05, 0) is 54.6 Å². The van der Waals surface area contributed by atoms with E-state index in [0.717, 1.165) is 43.7 Å². The summed E-state index contributed by atoms with van der Waals surface area (Å²) in [5.41, 5.74) is 2.12. The van der Waals surface area contributed by atoms with Gasteiger partial charge < -0.3 is 20.1 Å². The van der Waals surface area contributed by atoms with Crippen LogP contribution >= 0.6 is 11.3 Å². The summed E-state index contributed by atoms with van der Waals surface area (Å²) in [6.45, 7) is 6.46. The lowest BCUT2D eigenvalue weighted by Crippen LogP contribution is -2.43. The van der Waals surface area contributed by atoms with Gasteiger partial charge in [0.1, 0.15) is 5.75 Å². The Bertz CT molecular complexity index is 1340. The fraction of sp³-hybridized carbons (Fsp3) is 0.467. The highest BCUT2D eigenvalue weighted by Crippen LogP contribution is 2.42. The monoisotopic (exact) mass is 591 g/mol. The number of hydrogen-bond donors (Lipinski definition) is 2. The number of halogens is 3. The number of nitrogens with zero attached hydrogens (tertiary/aromatic N) is 1. The maximum Gasteiger partial charge on any atom is 0.389 e. The van der Waals surface area contributed by atoms with Crippen LogP contribution in [0.15, 0.2) is 47.8 Å². The second-order valence-electron chi connectivity index (χ2n) is 10.7. The van der Waals surface area contributed by atoms with Crippen molar-refractivity contribution in [2.45, 2.75) is 57.5 Å². The van der Waals surface area contributed by atoms with Crippen molar-refractivity contribution in [1.82, 2.24) is 5.32 Å². The van der Waals surface area contributed by atoms with Crippen molar-refractivity contribution in [1.29, 1.82) is 0 Å². The number of alkyl halides is 3. The van der Waals surface area contributed by atoms with E-state index >= 15 is 0 Å². The first-order valence-electron chi connectivity index (χ1n) is 13.7. The summed E-state index contributed by atoms with van der Waals surface area (Å²) in [4.78, 5) is 26.0. The van der Waals surface area contributed by atoms with Crippen LogP contribution in [0.1, 0.15) is 51.5 Å². The van der Waals surface area contributed by atoms with Gasteiger partial charge in [0, 0.05) is 46.8 Å². The van der Waals surface area contributed by atoms with Gasteiger partial charge in [0.2, 0.25) is 5.91 Å². The number of carbonyl (C=O) groups is 2. The maximum absolute atomic E-state index is 12.8. The normalized spacial score (nSPS) is 14.7. The largest absolute Gasteiger partial charge is 0.494 e. The van der Waals surface area contributed by atoms with E-state index < -0.39 is 37.1 Å². The van der Waals surface area contributed by atoms with Crippen LogP contribution in [0.4, 0.5) is 24.5 Å². The number of thiophene rings is 1. The van der Waals surface area contributed by atoms with E-state index in [1.165, 1.54) is 15.0 Å². The molecule has 222 valence electrons. The third kappa shape index (κ3) is 8.59. The molecule has 0 fully saturated rings. The minimum absolute atomic E-state index is 0.187. The van der Waals surface area contributed by atoms with Gasteiger partial charge in [0.15, 0.2) is 6.73 Å². The quantitative estimate of drug-likeness (QED) is 0.162. The van der Waals surface area contributed by atoms with Gasteiger partial charge in [-0.15, -0.1) is 11.3 Å². The number of rotatable bonds is 14. The zero-order chi connectivity index (χ0) is 29.5. The predicted molar refractivity (Wildman–Crippen MR) is 156 cm³/mol. The summed E-state index contributed by atoms with van der Waals surface area (Å²) in [5.74, 6) is -0.698. The topological polar surface area (TPSA) is 79.9 Å². The van der Waals surface area contributed by atoms with Gasteiger partial charge in [0.05, 0.1) is 25.1 Å². The molecule has 2 heterocycles. The molecule has 0 atom stereocenters. The average Bonchev–Trinajstić information content (AvgIpc) is 3.40. The molecule has 1 aliphatic heterocycles. The molecule has 4 rings (SSSR count). The molecule has 1 aliphatic rings. The molecule has 0 bridgehead atoms. The van der Waals surface area contributed by atoms with Crippen LogP contribution in [0, 0.1) is 0 Å². The lowest BCUT2D eigenvalue weighted by atomic mass is 9.77. The summed E-state index contributed by atoms with van der Waals surface area (Å²) in [6, 6.07) is 13.9. The summed E-state index contributed by atoms with van der Waals surface area (Å²) in [5, 5.41) is 10.3. The van der Waals surface area contributed by atoms with Crippen molar-refractivity contribution in [2.75, 3.05) is 43.2 Å². The first kappa shape index (κ1) is 30.6. The highest BCUT2D eigenvalue weighted by Gasteiger charge is 2.37. The lowest BCUT2D eigenvalue weighted by Gasteiger charge is -2.38. The Balaban J connectivity index is 1.20. The van der Waals surface area contributed by atoms with Crippen molar-refractivity contribution in [3.63, 3.8) is 0 Å². The van der Waals surface area contributed by atoms with Gasteiger partial charge in [-0.3, -0.25) is 14.5 Å². The minimum atomic E-state index is -4.45. The molecule has 0 radical (unpaired) electrons. The van der Waals surface area contributed by atoms with Gasteiger partial charge in [0.25, 0.3) is 0 Å². The van der Waals surface area contributed by atoms with Crippen LogP contribution in [-0.4, -0.2) is 51.0 Å². The Morgan fingerprint density at radius 1 is 1.10 bits per heavy atom. The highest BCUT2D eigenvalue weighted by molar-refractivity contribution is 7.17. The van der Waals surface area contributed by atoms with E-state index in [1.54, 1.807) is 17.4 Å². The van der Waals surface area contributed by atoms with Gasteiger partial charge in [-0.2, -0.15) is 13.2 Å². The molecule has 1 aromatic heterocycles. The number of nitrogens with one attached hydrogen (secondary N) is 2. The Labute approximate surface area is 242 Å². The van der Waals surface area contributed by atoms with Gasteiger partial charge in [-0.25, -0.2) is 0 Å². The molecule has 2 N–H and O–H groups in total. The molecule has 0 aliphatic carbocycles. The van der Waals surface area contributed by atoms with Crippen LogP contribution in [0.2, 0.25) is 0 Å². The number of ether oxygens (including phenoxy) is 2. The van der Waals surface area contributed by atoms with E-state index in [0.29, 0.717) is 18.0 Å². The molecular weight excluding hydrogens is 555 g/mol. The molecule has 41 heavy (non-hydrogen) atoms. The third-order valence-corrected chi connectivity index (χ3v) is 7.86. The fourth-order valence-electron chi connectivity index (χ4n) is 4.79. The Kier molecular flexibility index (Phi) is 10.1. The summed E-state index contributed by atoms with van der Waals surface area (Å²) in [6.07, 6.45) is -4.56. The molecule has 3 aromatic rings. The first-order chi connectivity index (χ1) is 19.5. The molecular formula is C30H36F3N3O4S. The van der Waals surface area contributed by atoms with Crippen LogP contribution in [0.25, 0.3) is 10.1 Å². The van der Waals surface area contributed by atoms with Crippen LogP contribution in [0.3, 0.4) is 0 Å². The number of fused-ring (bicyclic) bond motifs is 2. The standard InChI is InChI=1S/C30H36F3N3O4S/c1-29(2)19-27(37)36(20-40-28(38)10-12-30(31,32)33)25-18-21(8-9-23(25)29)39-16-4-3-13-34-14-15-35-24-6-5-7-26-22(24)11-17-41-26/h5-9,11,17-18,34-35H,3-4,10,12-16,19-20H2,1-2H3. The second kappa shape index (κ2) is 13.6.